The molecule has 0 radical (unpaired) electrons. The van der Waals surface area contributed by atoms with E-state index in [1.807, 2.05) is 6.26 Å². The number of nitrogens with one attached hydrogen (secondary N) is 1. The van der Waals surface area contributed by atoms with Crippen molar-refractivity contribution in [2.45, 2.75) is 59.2 Å². The maximum absolute atomic E-state index is 5.69. The average Bonchev–Trinajstić information content (AvgIpc) is 2.84. The highest BCUT2D eigenvalue weighted by Crippen LogP contribution is 2.21. The van der Waals surface area contributed by atoms with Crippen LogP contribution in [0.15, 0.2) is 16.7 Å². The first-order chi connectivity index (χ1) is 9.17. The summed E-state index contributed by atoms with van der Waals surface area (Å²) in [5, 5.41) is 3.42. The van der Waals surface area contributed by atoms with Gasteiger partial charge in [0.05, 0.1) is 12.8 Å². The van der Waals surface area contributed by atoms with Gasteiger partial charge in [0.15, 0.2) is 0 Å². The smallest absolute Gasteiger partial charge is 0.118 e. The third-order valence-electron chi connectivity index (χ3n) is 3.98. The van der Waals surface area contributed by atoms with Crippen LogP contribution in [0, 0.1) is 5.92 Å². The van der Waals surface area contributed by atoms with Crippen molar-refractivity contribution in [2.24, 2.45) is 5.92 Å². The topological polar surface area (TPSA) is 28.4 Å². The molecule has 1 N–H and O–H groups in total. The van der Waals surface area contributed by atoms with Crippen molar-refractivity contribution in [3.8, 4) is 0 Å². The lowest BCUT2D eigenvalue weighted by Gasteiger charge is -2.31. The van der Waals surface area contributed by atoms with Crippen LogP contribution in [0.4, 0.5) is 0 Å². The van der Waals surface area contributed by atoms with E-state index in [2.05, 4.69) is 37.1 Å². The zero-order valence-corrected chi connectivity index (χ0v) is 12.6. The van der Waals surface area contributed by atoms with E-state index in [1.165, 1.54) is 37.9 Å². The largest absolute Gasteiger partial charge is 0.468 e. The molecule has 1 aliphatic heterocycles. The Hall–Kier alpha value is -0.800. The predicted octanol–water partition coefficient (Wildman–Crippen LogP) is 3.40. The molecule has 3 nitrogen and oxygen atoms in total. The monoisotopic (exact) mass is 264 g/mol. The molecule has 1 aromatic rings. The van der Waals surface area contributed by atoms with E-state index >= 15 is 0 Å². The highest BCUT2D eigenvalue weighted by atomic mass is 16.3. The summed E-state index contributed by atoms with van der Waals surface area (Å²) in [6.45, 7) is 11.0. The molecule has 1 aromatic heterocycles. The fraction of sp³-hybridized carbons (Fsp3) is 0.750. The van der Waals surface area contributed by atoms with Crippen molar-refractivity contribution in [3.05, 3.63) is 23.7 Å². The second-order valence-corrected chi connectivity index (χ2v) is 6.11. The summed E-state index contributed by atoms with van der Waals surface area (Å²) >= 11 is 0. The van der Waals surface area contributed by atoms with Crippen molar-refractivity contribution >= 4 is 0 Å². The Labute approximate surface area is 117 Å². The molecule has 0 amide bonds. The number of nitrogens with zero attached hydrogens (tertiary/aromatic N) is 1. The Kier molecular flexibility index (Phi) is 5.46. The third kappa shape index (κ3) is 4.66. The van der Waals surface area contributed by atoms with Gasteiger partial charge in [-0.1, -0.05) is 27.2 Å². The molecule has 0 saturated carbocycles. The SMILES string of the molecule is CCC1CCCN(Cc2cc(CNC(C)C)co2)C1. The van der Waals surface area contributed by atoms with Crippen molar-refractivity contribution in [1.82, 2.24) is 10.2 Å². The molecule has 1 unspecified atom stereocenters. The number of piperidine rings is 1. The van der Waals surface area contributed by atoms with Gasteiger partial charge in [0.2, 0.25) is 0 Å². The molecule has 0 bridgehead atoms. The minimum atomic E-state index is 0.519. The minimum Gasteiger partial charge on any atom is -0.468 e. The zero-order valence-electron chi connectivity index (χ0n) is 12.6. The highest BCUT2D eigenvalue weighted by Gasteiger charge is 2.19. The molecule has 2 rings (SSSR count). The Morgan fingerprint density at radius 2 is 2.32 bits per heavy atom. The number of likely N-dealkylation sites (tertiary alicyclic amines) is 1. The number of furan rings is 1. The third-order valence-corrected chi connectivity index (χ3v) is 3.98. The molecule has 1 aliphatic rings. The lowest BCUT2D eigenvalue weighted by atomic mass is 9.96. The van der Waals surface area contributed by atoms with E-state index in [4.69, 9.17) is 4.42 Å². The summed E-state index contributed by atoms with van der Waals surface area (Å²) in [6, 6.07) is 2.72. The van der Waals surface area contributed by atoms with E-state index in [1.54, 1.807) is 0 Å². The fourth-order valence-corrected chi connectivity index (χ4v) is 2.77. The molecule has 0 aromatic carbocycles. The van der Waals surface area contributed by atoms with Gasteiger partial charge in [-0.25, -0.2) is 0 Å². The standard InChI is InChI=1S/C16H28N2O/c1-4-14-6-5-7-18(10-14)11-16-8-15(12-19-16)9-17-13(2)3/h8,12-14,17H,4-7,9-11H2,1-3H3. The molecule has 0 aliphatic carbocycles. The number of hydrogen-bond donors (Lipinski definition) is 1. The molecule has 1 atom stereocenters. The van der Waals surface area contributed by atoms with Crippen LogP contribution in [0.1, 0.15) is 51.4 Å². The predicted molar refractivity (Wildman–Crippen MR) is 79.0 cm³/mol. The van der Waals surface area contributed by atoms with Gasteiger partial charge in [0.1, 0.15) is 5.76 Å². The van der Waals surface area contributed by atoms with Gasteiger partial charge in [-0.15, -0.1) is 0 Å². The maximum atomic E-state index is 5.69. The van der Waals surface area contributed by atoms with E-state index < -0.39 is 0 Å². The second kappa shape index (κ2) is 7.11. The number of rotatable bonds is 6. The quantitative estimate of drug-likeness (QED) is 0.853. The van der Waals surface area contributed by atoms with E-state index in [9.17, 15) is 0 Å². The van der Waals surface area contributed by atoms with Gasteiger partial charge in [-0.05, 0) is 31.4 Å². The van der Waals surface area contributed by atoms with Crippen molar-refractivity contribution in [1.29, 1.82) is 0 Å². The molecule has 108 valence electrons. The zero-order chi connectivity index (χ0) is 13.7. The van der Waals surface area contributed by atoms with Gasteiger partial charge in [0, 0.05) is 24.7 Å². The second-order valence-electron chi connectivity index (χ2n) is 6.11. The molecular formula is C16H28N2O. The number of hydrogen-bond acceptors (Lipinski definition) is 3. The normalized spacial score (nSPS) is 21.2. The minimum absolute atomic E-state index is 0.519. The Morgan fingerprint density at radius 1 is 1.47 bits per heavy atom. The summed E-state index contributed by atoms with van der Waals surface area (Å²) < 4.78 is 5.69. The molecule has 2 heterocycles. The van der Waals surface area contributed by atoms with Crippen LogP contribution in [-0.2, 0) is 13.1 Å². The Bertz CT molecular complexity index is 373. The maximum Gasteiger partial charge on any atom is 0.118 e. The molecule has 1 saturated heterocycles. The first kappa shape index (κ1) is 14.6. The summed E-state index contributed by atoms with van der Waals surface area (Å²) in [4.78, 5) is 2.54. The lowest BCUT2D eigenvalue weighted by molar-refractivity contribution is 0.154. The van der Waals surface area contributed by atoms with E-state index in [0.717, 1.165) is 24.8 Å². The summed E-state index contributed by atoms with van der Waals surface area (Å²) in [5.74, 6) is 1.99. The van der Waals surface area contributed by atoms with Gasteiger partial charge >= 0.3 is 0 Å². The van der Waals surface area contributed by atoms with Crippen LogP contribution >= 0.6 is 0 Å². The highest BCUT2D eigenvalue weighted by molar-refractivity contribution is 5.12. The van der Waals surface area contributed by atoms with Crippen LogP contribution in [0.25, 0.3) is 0 Å². The Morgan fingerprint density at radius 3 is 3.05 bits per heavy atom. The van der Waals surface area contributed by atoms with Crippen LogP contribution in [0.2, 0.25) is 0 Å². The fourth-order valence-electron chi connectivity index (χ4n) is 2.77. The molecule has 19 heavy (non-hydrogen) atoms. The summed E-state index contributed by atoms with van der Waals surface area (Å²) in [6.07, 6.45) is 5.93. The summed E-state index contributed by atoms with van der Waals surface area (Å²) in [7, 11) is 0. The van der Waals surface area contributed by atoms with Crippen LogP contribution in [0.3, 0.4) is 0 Å². The van der Waals surface area contributed by atoms with Crippen LogP contribution in [0.5, 0.6) is 0 Å². The molecule has 3 heteroatoms. The van der Waals surface area contributed by atoms with Crippen molar-refractivity contribution < 1.29 is 4.42 Å². The Balaban J connectivity index is 1.82. The molecule has 0 spiro atoms. The van der Waals surface area contributed by atoms with Gasteiger partial charge in [-0.3, -0.25) is 4.90 Å². The first-order valence-corrected chi connectivity index (χ1v) is 7.69. The van der Waals surface area contributed by atoms with E-state index in [-0.39, 0.29) is 0 Å². The van der Waals surface area contributed by atoms with Gasteiger partial charge < -0.3 is 9.73 Å². The molecule has 1 fully saturated rings. The first-order valence-electron chi connectivity index (χ1n) is 7.69. The van der Waals surface area contributed by atoms with Crippen LogP contribution < -0.4 is 5.32 Å². The summed E-state index contributed by atoms with van der Waals surface area (Å²) in [5.41, 5.74) is 1.26. The van der Waals surface area contributed by atoms with Crippen molar-refractivity contribution in [3.63, 3.8) is 0 Å². The van der Waals surface area contributed by atoms with Gasteiger partial charge in [-0.2, -0.15) is 0 Å². The van der Waals surface area contributed by atoms with Crippen molar-refractivity contribution in [2.75, 3.05) is 13.1 Å². The lowest BCUT2D eigenvalue weighted by Crippen LogP contribution is -2.34. The molecular weight excluding hydrogens is 236 g/mol. The van der Waals surface area contributed by atoms with E-state index in [0.29, 0.717) is 6.04 Å². The van der Waals surface area contributed by atoms with Crippen LogP contribution in [-0.4, -0.2) is 24.0 Å². The van der Waals surface area contributed by atoms with Gasteiger partial charge in [0.25, 0.3) is 0 Å². The average molecular weight is 264 g/mol.